The Hall–Kier alpha value is -1.63. The smallest absolute Gasteiger partial charge is 0.253 e. The summed E-state index contributed by atoms with van der Waals surface area (Å²) in [7, 11) is -3.64. The van der Waals surface area contributed by atoms with Crippen LogP contribution in [-0.2, 0) is 9.84 Å². The van der Waals surface area contributed by atoms with Gasteiger partial charge < -0.3 is 5.32 Å². The van der Waals surface area contributed by atoms with Crippen molar-refractivity contribution in [1.82, 2.24) is 5.32 Å². The summed E-state index contributed by atoms with van der Waals surface area (Å²) in [5.74, 6) is -1.25. The molecule has 0 saturated heterocycles. The molecular formula is C18H18Cl2FNO3S. The molecule has 0 heterocycles. The minimum atomic E-state index is -3.64. The molecule has 0 spiro atoms. The Kier molecular flexibility index (Phi) is 6.32. The third kappa shape index (κ3) is 4.19. The van der Waals surface area contributed by atoms with Gasteiger partial charge in [-0.3, -0.25) is 4.79 Å². The van der Waals surface area contributed by atoms with Crippen molar-refractivity contribution in [3.63, 3.8) is 0 Å². The normalized spacial score (nSPS) is 12.9. The van der Waals surface area contributed by atoms with Gasteiger partial charge in [0.25, 0.3) is 5.91 Å². The summed E-state index contributed by atoms with van der Waals surface area (Å²) in [6, 6.07) is 7.71. The van der Waals surface area contributed by atoms with Crippen molar-refractivity contribution < 1.29 is 17.6 Å². The van der Waals surface area contributed by atoms with Gasteiger partial charge in [0.2, 0.25) is 0 Å². The third-order valence-electron chi connectivity index (χ3n) is 3.91. The Morgan fingerprint density at radius 2 is 1.69 bits per heavy atom. The van der Waals surface area contributed by atoms with Gasteiger partial charge in [0, 0.05) is 5.02 Å². The summed E-state index contributed by atoms with van der Waals surface area (Å²) in [6.07, 6.45) is 0. The van der Waals surface area contributed by atoms with Crippen molar-refractivity contribution in [2.45, 2.75) is 37.0 Å². The lowest BCUT2D eigenvalue weighted by molar-refractivity contribution is 0.0936. The highest BCUT2D eigenvalue weighted by molar-refractivity contribution is 7.92. The molecule has 0 radical (unpaired) electrons. The Morgan fingerprint density at radius 3 is 2.31 bits per heavy atom. The molecular weight excluding hydrogens is 400 g/mol. The van der Waals surface area contributed by atoms with E-state index in [4.69, 9.17) is 23.2 Å². The van der Waals surface area contributed by atoms with Gasteiger partial charge in [0.15, 0.2) is 9.84 Å². The summed E-state index contributed by atoms with van der Waals surface area (Å²) in [6.45, 7) is 4.71. The van der Waals surface area contributed by atoms with Gasteiger partial charge in [-0.15, -0.1) is 0 Å². The zero-order chi connectivity index (χ0) is 19.6. The Balaban J connectivity index is 2.36. The largest absolute Gasteiger partial charge is 0.345 e. The van der Waals surface area contributed by atoms with Crippen LogP contribution in [-0.4, -0.2) is 19.6 Å². The molecule has 2 rings (SSSR count). The molecule has 8 heteroatoms. The van der Waals surface area contributed by atoms with Crippen LogP contribution in [0.5, 0.6) is 0 Å². The van der Waals surface area contributed by atoms with Crippen molar-refractivity contribution in [2.24, 2.45) is 0 Å². The van der Waals surface area contributed by atoms with Gasteiger partial charge in [-0.1, -0.05) is 35.3 Å². The fourth-order valence-electron chi connectivity index (χ4n) is 2.38. The number of nitrogens with one attached hydrogen (secondary N) is 1. The lowest BCUT2D eigenvalue weighted by atomic mass is 10.1. The van der Waals surface area contributed by atoms with Crippen LogP contribution in [0.25, 0.3) is 0 Å². The second-order valence-corrected chi connectivity index (χ2v) is 9.36. The number of amides is 1. The molecule has 1 unspecified atom stereocenters. The van der Waals surface area contributed by atoms with E-state index in [-0.39, 0.29) is 20.5 Å². The number of benzene rings is 2. The quantitative estimate of drug-likeness (QED) is 0.710. The van der Waals surface area contributed by atoms with Crippen LogP contribution in [0.4, 0.5) is 4.39 Å². The maximum Gasteiger partial charge on any atom is 0.253 e. The predicted molar refractivity (Wildman–Crippen MR) is 101 cm³/mol. The maximum absolute atomic E-state index is 13.7. The minimum absolute atomic E-state index is 0.0265. The number of halogens is 3. The lowest BCUT2D eigenvalue weighted by Gasteiger charge is -2.18. The summed E-state index contributed by atoms with van der Waals surface area (Å²) in [4.78, 5) is 12.6. The second-order valence-electron chi connectivity index (χ2n) is 6.07. The van der Waals surface area contributed by atoms with E-state index in [2.05, 4.69) is 5.32 Å². The first-order valence-corrected chi connectivity index (χ1v) is 10.1. The first-order valence-electron chi connectivity index (χ1n) is 7.84. The van der Waals surface area contributed by atoms with Crippen molar-refractivity contribution in [3.8, 4) is 0 Å². The van der Waals surface area contributed by atoms with Crippen LogP contribution >= 0.6 is 23.2 Å². The van der Waals surface area contributed by atoms with Gasteiger partial charge in [-0.05, 0) is 50.6 Å². The van der Waals surface area contributed by atoms with E-state index in [0.717, 1.165) is 6.07 Å². The van der Waals surface area contributed by atoms with Gasteiger partial charge in [-0.2, -0.15) is 0 Å². The fourth-order valence-corrected chi connectivity index (χ4v) is 4.17. The monoisotopic (exact) mass is 417 g/mol. The van der Waals surface area contributed by atoms with Crippen LogP contribution in [0, 0.1) is 5.82 Å². The SMILES string of the molecule is CC(NC(=O)c1ccccc1S(=O)(=O)C(C)C)c1cc(F)c(Cl)cc1Cl. The van der Waals surface area contributed by atoms with Crippen LogP contribution in [0.2, 0.25) is 10.0 Å². The summed E-state index contributed by atoms with van der Waals surface area (Å²) < 4.78 is 38.7. The highest BCUT2D eigenvalue weighted by Gasteiger charge is 2.26. The average molecular weight is 418 g/mol. The van der Waals surface area contributed by atoms with Crippen LogP contribution in [0.3, 0.4) is 0 Å². The standard InChI is InChI=1S/C18H18Cl2FNO3S/c1-10(2)26(24,25)17-7-5-4-6-12(17)18(23)22-11(3)13-8-16(21)15(20)9-14(13)19/h4-11H,1-3H3,(H,22,23). The average Bonchev–Trinajstić information content (AvgIpc) is 2.57. The van der Waals surface area contributed by atoms with Crippen molar-refractivity contribution in [3.05, 3.63) is 63.4 Å². The Morgan fingerprint density at radius 1 is 1.08 bits per heavy atom. The fraction of sp³-hybridized carbons (Fsp3) is 0.278. The molecule has 2 aromatic rings. The molecule has 0 aromatic heterocycles. The van der Waals surface area contributed by atoms with Gasteiger partial charge >= 0.3 is 0 Å². The van der Waals surface area contributed by atoms with Crippen molar-refractivity contribution in [2.75, 3.05) is 0 Å². The number of rotatable bonds is 5. The molecule has 1 atom stereocenters. The molecule has 0 aliphatic heterocycles. The van der Waals surface area contributed by atoms with Crippen molar-refractivity contribution in [1.29, 1.82) is 0 Å². The molecule has 0 fully saturated rings. The number of carbonyl (C=O) groups is 1. The molecule has 0 aliphatic carbocycles. The van der Waals surface area contributed by atoms with Gasteiger partial charge in [0.1, 0.15) is 5.82 Å². The zero-order valence-corrected chi connectivity index (χ0v) is 16.7. The first kappa shape index (κ1) is 20.7. The van der Waals surface area contributed by atoms with E-state index < -0.39 is 32.9 Å². The number of hydrogen-bond donors (Lipinski definition) is 1. The molecule has 140 valence electrons. The zero-order valence-electron chi connectivity index (χ0n) is 14.4. The highest BCUT2D eigenvalue weighted by atomic mass is 35.5. The molecule has 0 saturated carbocycles. The van der Waals surface area contributed by atoms with Gasteiger partial charge in [-0.25, -0.2) is 12.8 Å². The topological polar surface area (TPSA) is 63.2 Å². The predicted octanol–water partition coefficient (Wildman–Crippen LogP) is 4.81. The number of sulfone groups is 1. The summed E-state index contributed by atoms with van der Waals surface area (Å²) in [5, 5.41) is 2.06. The number of hydrogen-bond acceptors (Lipinski definition) is 3. The van der Waals surface area contributed by atoms with E-state index in [1.54, 1.807) is 32.9 Å². The number of carbonyl (C=O) groups excluding carboxylic acids is 1. The van der Waals surface area contributed by atoms with Crippen LogP contribution < -0.4 is 5.32 Å². The molecule has 2 aromatic carbocycles. The Labute approximate surface area is 162 Å². The lowest BCUT2D eigenvalue weighted by Crippen LogP contribution is -2.29. The second kappa shape index (κ2) is 7.94. The molecule has 1 amide bonds. The molecule has 0 bridgehead atoms. The molecule has 1 N–H and O–H groups in total. The van der Waals surface area contributed by atoms with Gasteiger partial charge in [0.05, 0.1) is 26.8 Å². The van der Waals surface area contributed by atoms with Crippen LogP contribution in [0.1, 0.15) is 42.7 Å². The molecule has 0 aliphatic rings. The van der Waals surface area contributed by atoms with Crippen molar-refractivity contribution >= 4 is 38.9 Å². The highest BCUT2D eigenvalue weighted by Crippen LogP contribution is 2.29. The van der Waals surface area contributed by atoms with E-state index in [0.29, 0.717) is 5.56 Å². The van der Waals surface area contributed by atoms with E-state index in [1.807, 2.05) is 0 Å². The third-order valence-corrected chi connectivity index (χ3v) is 6.74. The summed E-state index contributed by atoms with van der Waals surface area (Å²) >= 11 is 11.8. The summed E-state index contributed by atoms with van der Waals surface area (Å²) in [5.41, 5.74) is 0.365. The van der Waals surface area contributed by atoms with Crippen LogP contribution in [0.15, 0.2) is 41.3 Å². The molecule has 4 nitrogen and oxygen atoms in total. The first-order chi connectivity index (χ1) is 12.1. The maximum atomic E-state index is 13.7. The molecule has 26 heavy (non-hydrogen) atoms. The van der Waals surface area contributed by atoms with E-state index in [9.17, 15) is 17.6 Å². The minimum Gasteiger partial charge on any atom is -0.345 e. The van der Waals surface area contributed by atoms with E-state index in [1.165, 1.54) is 18.2 Å². The van der Waals surface area contributed by atoms with E-state index >= 15 is 0 Å². The Bertz CT molecular complexity index is 945.